The van der Waals surface area contributed by atoms with E-state index in [0.29, 0.717) is 37.8 Å². The average Bonchev–Trinajstić information content (AvgIpc) is 3.81. The van der Waals surface area contributed by atoms with Crippen molar-refractivity contribution >= 4 is 34.6 Å². The fourth-order valence-corrected chi connectivity index (χ4v) is 10.4. The van der Waals surface area contributed by atoms with Crippen LogP contribution in [0.4, 0.5) is 0 Å². The maximum Gasteiger partial charge on any atom is 0.324 e. The fraction of sp³-hybridized carbons (Fsp3) is 0.462. The van der Waals surface area contributed by atoms with Gasteiger partial charge in [0.2, 0.25) is 11.8 Å². The zero-order chi connectivity index (χ0) is 47.9. The van der Waals surface area contributed by atoms with Crippen molar-refractivity contribution in [3.05, 3.63) is 101 Å². The smallest absolute Gasteiger partial charge is 0.324 e. The molecule has 5 N–H and O–H groups in total. The summed E-state index contributed by atoms with van der Waals surface area (Å²) < 4.78 is 14.2. The van der Waals surface area contributed by atoms with E-state index < -0.39 is 53.3 Å². The number of amides is 3. The van der Waals surface area contributed by atoms with Gasteiger partial charge >= 0.3 is 5.97 Å². The molecule has 67 heavy (non-hydrogen) atoms. The van der Waals surface area contributed by atoms with Crippen molar-refractivity contribution in [2.75, 3.05) is 27.3 Å². The van der Waals surface area contributed by atoms with Crippen LogP contribution in [0.25, 0.3) is 33.3 Å². The first-order chi connectivity index (χ1) is 32.0. The number of phenolic OH excluding ortho intramolecular Hbond substituents is 1. The third-order valence-corrected chi connectivity index (χ3v) is 13.8. The topological polar surface area (TPSA) is 194 Å². The fourth-order valence-electron chi connectivity index (χ4n) is 10.4. The van der Waals surface area contributed by atoms with E-state index in [4.69, 9.17) is 20.2 Å². The summed E-state index contributed by atoms with van der Waals surface area (Å²) in [6.07, 6.45) is 6.78. The minimum Gasteiger partial charge on any atom is -0.508 e. The lowest BCUT2D eigenvalue weighted by Gasteiger charge is -2.37. The summed E-state index contributed by atoms with van der Waals surface area (Å²) in [4.78, 5) is 68.0. The van der Waals surface area contributed by atoms with E-state index >= 15 is 0 Å². The Kier molecular flexibility index (Phi) is 13.6. The highest BCUT2D eigenvalue weighted by Gasteiger charge is 2.42. The number of hydrazine groups is 1. The maximum atomic E-state index is 14.8. The van der Waals surface area contributed by atoms with E-state index in [2.05, 4.69) is 59.3 Å². The predicted molar refractivity (Wildman–Crippen MR) is 255 cm³/mol. The molecular formula is C52H64N8O7. The quantitative estimate of drug-likeness (QED) is 0.123. The Morgan fingerprint density at radius 2 is 1.87 bits per heavy atom. The van der Waals surface area contributed by atoms with Crippen LogP contribution in [0, 0.1) is 17.3 Å². The number of pyridine rings is 2. The summed E-state index contributed by atoms with van der Waals surface area (Å²) in [7, 11) is 3.28. The number of methoxy groups -OCH3 is 1. The Hall–Kier alpha value is -6.16. The second-order valence-corrected chi connectivity index (χ2v) is 19.6. The van der Waals surface area contributed by atoms with E-state index in [0.717, 1.165) is 55.7 Å². The third kappa shape index (κ3) is 9.41. The number of nitrogens with two attached hydrogens (primary N) is 1. The first kappa shape index (κ1) is 47.3. The van der Waals surface area contributed by atoms with Gasteiger partial charge in [0.1, 0.15) is 23.9 Å². The number of carbonyl (C=O) groups is 4. The van der Waals surface area contributed by atoms with Crippen LogP contribution < -0.4 is 16.5 Å². The van der Waals surface area contributed by atoms with Crippen molar-refractivity contribution in [1.82, 2.24) is 35.2 Å². The van der Waals surface area contributed by atoms with Gasteiger partial charge in [-0.15, -0.1) is 0 Å². The van der Waals surface area contributed by atoms with Gasteiger partial charge in [-0.25, -0.2) is 5.43 Å². The van der Waals surface area contributed by atoms with Crippen LogP contribution in [0.1, 0.15) is 94.5 Å². The number of aryl methyl sites for hydroxylation is 1. The van der Waals surface area contributed by atoms with E-state index in [1.54, 1.807) is 44.9 Å². The number of likely N-dealkylation sites (N-methyl/N-ethyl adjacent to an activating group) is 1. The molecule has 3 amide bonds. The van der Waals surface area contributed by atoms with E-state index in [-0.39, 0.29) is 43.3 Å². The summed E-state index contributed by atoms with van der Waals surface area (Å²) in [6.45, 7) is 13.0. The molecule has 0 saturated carbocycles. The van der Waals surface area contributed by atoms with Gasteiger partial charge in [-0.3, -0.25) is 34.2 Å². The van der Waals surface area contributed by atoms with Gasteiger partial charge in [-0.2, -0.15) is 0 Å². The van der Waals surface area contributed by atoms with Crippen molar-refractivity contribution in [3.63, 3.8) is 0 Å². The Morgan fingerprint density at radius 3 is 2.60 bits per heavy atom. The van der Waals surface area contributed by atoms with Gasteiger partial charge in [-0.05, 0) is 121 Å². The van der Waals surface area contributed by atoms with Crippen LogP contribution in [0.5, 0.6) is 5.75 Å². The molecule has 1 aliphatic carbocycles. The number of fused-ring (bicyclic) bond motifs is 7. The molecule has 5 aromatic rings. The number of hydrogen-bond acceptors (Lipinski definition) is 11. The second-order valence-electron chi connectivity index (χ2n) is 19.6. The number of benzene rings is 2. The number of hydrogen-bond donors (Lipinski definition) is 4. The Balaban J connectivity index is 1.20. The van der Waals surface area contributed by atoms with Crippen LogP contribution in [-0.2, 0) is 54.5 Å². The van der Waals surface area contributed by atoms with Gasteiger partial charge < -0.3 is 35.1 Å². The maximum absolute atomic E-state index is 14.8. The predicted octanol–water partition coefficient (Wildman–Crippen LogP) is 6.20. The van der Waals surface area contributed by atoms with Crippen molar-refractivity contribution < 1.29 is 33.8 Å². The largest absolute Gasteiger partial charge is 0.508 e. The van der Waals surface area contributed by atoms with Crippen molar-refractivity contribution in [1.29, 1.82) is 0 Å². The molecule has 1 fully saturated rings. The molecule has 3 aromatic heterocycles. The minimum atomic E-state index is -1.16. The third-order valence-electron chi connectivity index (χ3n) is 13.8. The first-order valence-electron chi connectivity index (χ1n) is 23.5. The molecule has 0 radical (unpaired) electrons. The van der Waals surface area contributed by atoms with Crippen LogP contribution in [0.2, 0.25) is 0 Å². The molecule has 354 valence electrons. The molecule has 2 aromatic carbocycles. The summed E-state index contributed by atoms with van der Waals surface area (Å²) >= 11 is 0. The van der Waals surface area contributed by atoms with Gasteiger partial charge in [0, 0.05) is 80.2 Å². The lowest BCUT2D eigenvalue weighted by molar-refractivity contribution is -0.155. The molecule has 3 aliphatic rings. The summed E-state index contributed by atoms with van der Waals surface area (Å²) in [5, 5.41) is 16.8. The van der Waals surface area contributed by atoms with Crippen LogP contribution >= 0.6 is 0 Å². The van der Waals surface area contributed by atoms with Crippen molar-refractivity contribution in [3.8, 4) is 28.1 Å². The molecule has 15 heteroatoms. The van der Waals surface area contributed by atoms with E-state index in [1.807, 2.05) is 45.0 Å². The SMILES string of the molecule is CCn1c(-c2cccnc2[C@H](C)OC)c2c3cc(ccc31)-c1cc(O)cc(c1)C[C@H](NC(=O)[C@H](C(C)C)N(C)C(=O)[C@H]1Cc3cnccc3[C@H]1N)C(=O)N1CCC[C@H](N1)C(=O)OCC(C)(C)C2. The normalized spacial score (nSPS) is 21.6. The zero-order valence-electron chi connectivity index (χ0n) is 39.8. The molecule has 1 saturated heterocycles. The number of nitrogens with one attached hydrogen (secondary N) is 2. The summed E-state index contributed by atoms with van der Waals surface area (Å²) in [6, 6.07) is 13.9. The van der Waals surface area contributed by atoms with Gasteiger partial charge in [0.05, 0.1) is 30.0 Å². The molecule has 2 aliphatic heterocycles. The molecule has 6 atom stereocenters. The number of carbonyl (C=O) groups excluding carboxylic acids is 4. The van der Waals surface area contributed by atoms with Crippen LogP contribution in [0.3, 0.4) is 0 Å². The molecule has 6 bridgehead atoms. The van der Waals surface area contributed by atoms with Gasteiger partial charge in [0.15, 0.2) is 0 Å². The highest BCUT2D eigenvalue weighted by molar-refractivity contribution is 5.96. The molecular weight excluding hydrogens is 849 g/mol. The van der Waals surface area contributed by atoms with E-state index in [1.165, 1.54) is 9.91 Å². The van der Waals surface area contributed by atoms with Crippen molar-refractivity contribution in [2.45, 2.75) is 110 Å². The average molecular weight is 913 g/mol. The summed E-state index contributed by atoms with van der Waals surface area (Å²) in [5.41, 5.74) is 18.0. The second kappa shape index (κ2) is 19.2. The van der Waals surface area contributed by atoms with Gasteiger partial charge in [0.25, 0.3) is 5.91 Å². The number of ether oxygens (including phenoxy) is 2. The van der Waals surface area contributed by atoms with Gasteiger partial charge in [-0.1, -0.05) is 39.8 Å². The Morgan fingerprint density at radius 1 is 1.07 bits per heavy atom. The molecule has 15 nitrogen and oxygen atoms in total. The Bertz CT molecular complexity index is 2700. The van der Waals surface area contributed by atoms with Crippen molar-refractivity contribution in [2.24, 2.45) is 23.0 Å². The zero-order valence-corrected chi connectivity index (χ0v) is 39.8. The standard InChI is InChI=1S/C52H64N8O7/c1-9-59-43-15-14-32-24-38(43)40(47(59)37-12-10-17-55-45(37)30(4)66-8)26-52(5,6)28-67-51(65)41-13-11-19-60(57-41)50(64)42(22-31-20-33(32)23-35(61)21-31)56-48(62)46(29(2)3)58(7)49(63)39-25-34-27-54-18-16-36(34)44(39)53/h10,12,14-18,20-21,23-24,27,29-30,39,41-42,44,46,57,61H,9,11,13,19,22,25-26,28,53H2,1-8H3,(H,56,62)/t30-,39-,41-,42-,44+,46-/m0/s1. The number of phenols is 1. The number of aromatic hydroxyl groups is 1. The highest BCUT2D eigenvalue weighted by Crippen LogP contribution is 2.42. The minimum absolute atomic E-state index is 0.00291. The van der Waals surface area contributed by atoms with Crippen LogP contribution in [0.15, 0.2) is 73.2 Å². The lowest BCUT2D eigenvalue weighted by Crippen LogP contribution is -2.62. The number of nitrogens with zero attached hydrogens (tertiary/aromatic N) is 5. The number of rotatable bonds is 9. The molecule has 0 spiro atoms. The lowest BCUT2D eigenvalue weighted by atomic mass is 9.84. The molecule has 0 unspecified atom stereocenters. The highest BCUT2D eigenvalue weighted by atomic mass is 16.5. The van der Waals surface area contributed by atoms with E-state index in [9.17, 15) is 24.3 Å². The Labute approximate surface area is 392 Å². The summed E-state index contributed by atoms with van der Waals surface area (Å²) in [5.74, 6) is -2.67. The number of aromatic nitrogens is 3. The first-order valence-corrected chi connectivity index (χ1v) is 23.5. The molecule has 5 heterocycles. The monoisotopic (exact) mass is 912 g/mol. The number of cyclic esters (lactones) is 1. The molecule has 8 rings (SSSR count). The number of esters is 1. The van der Waals surface area contributed by atoms with Crippen LogP contribution in [-0.4, -0.2) is 98.7 Å².